The highest BCUT2D eigenvalue weighted by atomic mass is 79.9. The van der Waals surface area contributed by atoms with Gasteiger partial charge < -0.3 is 5.32 Å². The summed E-state index contributed by atoms with van der Waals surface area (Å²) in [4.78, 5) is 22.5. The third kappa shape index (κ3) is 2.69. The number of hydrogen-bond donors (Lipinski definition) is 1. The van der Waals surface area contributed by atoms with E-state index < -0.39 is 10.8 Å². The Hall–Kier alpha value is -2.22. The van der Waals surface area contributed by atoms with Crippen LogP contribution in [0.4, 0.5) is 11.4 Å². The van der Waals surface area contributed by atoms with Gasteiger partial charge in [0, 0.05) is 19.3 Å². The molecule has 0 aliphatic heterocycles. The molecule has 2 aromatic rings. The Morgan fingerprint density at radius 1 is 1.50 bits per heavy atom. The van der Waals surface area contributed by atoms with Gasteiger partial charge in [-0.15, -0.1) is 0 Å². The van der Waals surface area contributed by atoms with Gasteiger partial charge in [0.15, 0.2) is 0 Å². The minimum atomic E-state index is -0.545. The summed E-state index contributed by atoms with van der Waals surface area (Å²) in [6.07, 6.45) is 1.67. The molecule has 0 atom stereocenters. The van der Waals surface area contributed by atoms with Crippen LogP contribution in [0.3, 0.4) is 0 Å². The van der Waals surface area contributed by atoms with Gasteiger partial charge >= 0.3 is 0 Å². The van der Waals surface area contributed by atoms with Crippen LogP contribution in [0.15, 0.2) is 28.9 Å². The molecule has 0 fully saturated rings. The molecule has 20 heavy (non-hydrogen) atoms. The van der Waals surface area contributed by atoms with Crippen LogP contribution in [0, 0.1) is 17.0 Å². The lowest BCUT2D eigenvalue weighted by atomic mass is 10.2. The normalized spacial score (nSPS) is 10.3. The molecule has 0 unspecified atom stereocenters. The van der Waals surface area contributed by atoms with Crippen molar-refractivity contribution in [3.05, 3.63) is 50.2 Å². The number of aromatic nitrogens is 2. The van der Waals surface area contributed by atoms with E-state index in [2.05, 4.69) is 26.3 Å². The molecular formula is C12H11BrN4O3. The van der Waals surface area contributed by atoms with Gasteiger partial charge in [0.2, 0.25) is 0 Å². The fourth-order valence-corrected chi connectivity index (χ4v) is 2.34. The second-order valence-corrected chi connectivity index (χ2v) is 4.94. The van der Waals surface area contributed by atoms with Gasteiger partial charge in [0.1, 0.15) is 4.47 Å². The van der Waals surface area contributed by atoms with Crippen molar-refractivity contribution in [3.63, 3.8) is 0 Å². The van der Waals surface area contributed by atoms with Gasteiger partial charge in [-0.2, -0.15) is 5.10 Å². The molecule has 104 valence electrons. The maximum absolute atomic E-state index is 12.2. The maximum atomic E-state index is 12.2. The molecule has 8 heteroatoms. The smallest absolute Gasteiger partial charge is 0.284 e. The number of hydrogen-bond acceptors (Lipinski definition) is 4. The Labute approximate surface area is 122 Å². The molecule has 0 bridgehead atoms. The Kier molecular flexibility index (Phi) is 3.84. The van der Waals surface area contributed by atoms with Crippen LogP contribution in [-0.2, 0) is 7.05 Å². The highest BCUT2D eigenvalue weighted by molar-refractivity contribution is 9.10. The van der Waals surface area contributed by atoms with Gasteiger partial charge in [0.25, 0.3) is 11.6 Å². The minimum absolute atomic E-state index is 0.152. The molecule has 7 nitrogen and oxygen atoms in total. The van der Waals surface area contributed by atoms with E-state index in [9.17, 15) is 14.9 Å². The summed E-state index contributed by atoms with van der Waals surface area (Å²) in [5.74, 6) is -0.434. The summed E-state index contributed by atoms with van der Waals surface area (Å²) >= 11 is 3.10. The average Bonchev–Trinajstić information content (AvgIpc) is 2.67. The standard InChI is InChI=1S/C12H11BrN4O3/c1-7-9(6-16(2)15-7)14-12(18)8-4-3-5-10(11(8)13)17(19)20/h3-6H,1-2H3,(H,14,18). The van der Waals surface area contributed by atoms with Gasteiger partial charge in [-0.05, 0) is 28.9 Å². The summed E-state index contributed by atoms with van der Waals surface area (Å²) in [7, 11) is 1.74. The van der Waals surface area contributed by atoms with E-state index in [0.717, 1.165) is 0 Å². The first-order valence-electron chi connectivity index (χ1n) is 5.64. The Morgan fingerprint density at radius 3 is 2.75 bits per heavy atom. The van der Waals surface area contributed by atoms with Gasteiger partial charge in [0.05, 0.1) is 21.9 Å². The van der Waals surface area contributed by atoms with Crippen molar-refractivity contribution in [1.29, 1.82) is 0 Å². The third-order valence-electron chi connectivity index (χ3n) is 2.68. The Bertz CT molecular complexity index is 696. The summed E-state index contributed by atoms with van der Waals surface area (Å²) in [6.45, 7) is 1.76. The van der Waals surface area contributed by atoms with E-state index in [1.807, 2.05) is 0 Å². The fourth-order valence-electron chi connectivity index (χ4n) is 1.75. The van der Waals surface area contributed by atoms with E-state index in [0.29, 0.717) is 11.4 Å². The lowest BCUT2D eigenvalue weighted by Crippen LogP contribution is -2.13. The summed E-state index contributed by atoms with van der Waals surface area (Å²) < 4.78 is 1.73. The molecule has 0 saturated heterocycles. The number of aryl methyl sites for hydroxylation is 2. The molecule has 0 radical (unpaired) electrons. The predicted octanol–water partition coefficient (Wildman–Crippen LogP) is 2.65. The first-order valence-corrected chi connectivity index (χ1v) is 6.44. The van der Waals surface area contributed by atoms with Gasteiger partial charge in [-0.1, -0.05) is 6.07 Å². The molecule has 0 aliphatic rings. The van der Waals surface area contributed by atoms with Crippen molar-refractivity contribution in [2.24, 2.45) is 7.05 Å². The van der Waals surface area contributed by atoms with Crippen molar-refractivity contribution in [1.82, 2.24) is 9.78 Å². The number of amides is 1. The second kappa shape index (κ2) is 5.41. The fraction of sp³-hybridized carbons (Fsp3) is 0.167. The molecule has 0 spiro atoms. The highest BCUT2D eigenvalue weighted by Crippen LogP contribution is 2.29. The number of benzene rings is 1. The summed E-state index contributed by atoms with van der Waals surface area (Å²) in [5.41, 5.74) is 1.28. The molecular weight excluding hydrogens is 328 g/mol. The molecule has 1 aromatic carbocycles. The predicted molar refractivity (Wildman–Crippen MR) is 76.7 cm³/mol. The lowest BCUT2D eigenvalue weighted by molar-refractivity contribution is -0.385. The first kappa shape index (κ1) is 14.2. The Balaban J connectivity index is 2.32. The SMILES string of the molecule is Cc1nn(C)cc1NC(=O)c1cccc([N+](=O)[O-])c1Br. The van der Waals surface area contributed by atoms with Crippen molar-refractivity contribution in [2.45, 2.75) is 6.92 Å². The molecule has 1 aromatic heterocycles. The van der Waals surface area contributed by atoms with Crippen molar-refractivity contribution < 1.29 is 9.72 Å². The van der Waals surface area contributed by atoms with E-state index in [1.54, 1.807) is 24.9 Å². The minimum Gasteiger partial charge on any atom is -0.319 e. The number of carbonyl (C=O) groups is 1. The zero-order valence-electron chi connectivity index (χ0n) is 10.8. The van der Waals surface area contributed by atoms with E-state index >= 15 is 0 Å². The summed E-state index contributed by atoms with van der Waals surface area (Å²) in [5, 5.41) is 17.6. The number of nitro groups is 1. The average molecular weight is 339 g/mol. The number of nitro benzene ring substituents is 1. The topological polar surface area (TPSA) is 90.1 Å². The number of carbonyl (C=O) groups excluding carboxylic acids is 1. The maximum Gasteiger partial charge on any atom is 0.284 e. The van der Waals surface area contributed by atoms with Gasteiger partial charge in [-0.25, -0.2) is 0 Å². The van der Waals surface area contributed by atoms with Crippen molar-refractivity contribution in [2.75, 3.05) is 5.32 Å². The summed E-state index contributed by atoms with van der Waals surface area (Å²) in [6, 6.07) is 4.31. The monoisotopic (exact) mass is 338 g/mol. The van der Waals surface area contributed by atoms with Crippen LogP contribution >= 0.6 is 15.9 Å². The van der Waals surface area contributed by atoms with Crippen LogP contribution in [0.1, 0.15) is 16.1 Å². The van der Waals surface area contributed by atoms with Crippen LogP contribution in [0.2, 0.25) is 0 Å². The second-order valence-electron chi connectivity index (χ2n) is 4.15. The number of nitrogens with one attached hydrogen (secondary N) is 1. The Morgan fingerprint density at radius 2 is 2.20 bits per heavy atom. The van der Waals surface area contributed by atoms with Gasteiger partial charge in [-0.3, -0.25) is 19.6 Å². The number of anilines is 1. The van der Waals surface area contributed by atoms with E-state index in [-0.39, 0.29) is 15.7 Å². The highest BCUT2D eigenvalue weighted by Gasteiger charge is 2.20. The first-order chi connectivity index (χ1) is 9.40. The van der Waals surface area contributed by atoms with Crippen LogP contribution in [0.25, 0.3) is 0 Å². The zero-order chi connectivity index (χ0) is 14.9. The zero-order valence-corrected chi connectivity index (χ0v) is 12.3. The van der Waals surface area contributed by atoms with Crippen LogP contribution in [-0.4, -0.2) is 20.6 Å². The molecule has 2 rings (SSSR count). The number of halogens is 1. The van der Waals surface area contributed by atoms with Crippen LogP contribution in [0.5, 0.6) is 0 Å². The molecule has 1 heterocycles. The number of nitrogens with zero attached hydrogens (tertiary/aromatic N) is 3. The van der Waals surface area contributed by atoms with E-state index in [1.165, 1.54) is 18.2 Å². The molecule has 0 aliphatic carbocycles. The van der Waals surface area contributed by atoms with Crippen molar-refractivity contribution in [3.8, 4) is 0 Å². The number of rotatable bonds is 3. The lowest BCUT2D eigenvalue weighted by Gasteiger charge is -2.06. The van der Waals surface area contributed by atoms with Crippen LogP contribution < -0.4 is 5.32 Å². The largest absolute Gasteiger partial charge is 0.319 e. The molecule has 1 N–H and O–H groups in total. The van der Waals surface area contributed by atoms with Crippen molar-refractivity contribution >= 4 is 33.2 Å². The quantitative estimate of drug-likeness (QED) is 0.688. The third-order valence-corrected chi connectivity index (χ3v) is 3.51. The molecule has 0 saturated carbocycles. The molecule has 1 amide bonds. The van der Waals surface area contributed by atoms with E-state index in [4.69, 9.17) is 0 Å².